The highest BCUT2D eigenvalue weighted by Gasteiger charge is 2.21. The molecular formula is C16H26BrN3O. The van der Waals surface area contributed by atoms with E-state index in [0.29, 0.717) is 6.04 Å². The predicted molar refractivity (Wildman–Crippen MR) is 90.7 cm³/mol. The minimum Gasteiger partial charge on any atom is -0.379 e. The zero-order valence-electron chi connectivity index (χ0n) is 13.2. The van der Waals surface area contributed by atoms with Crippen molar-refractivity contribution in [3.8, 4) is 0 Å². The van der Waals surface area contributed by atoms with Gasteiger partial charge in [0.05, 0.1) is 6.61 Å². The van der Waals surface area contributed by atoms with E-state index in [0.717, 1.165) is 42.5 Å². The van der Waals surface area contributed by atoms with E-state index in [9.17, 15) is 0 Å². The Morgan fingerprint density at radius 2 is 2.24 bits per heavy atom. The van der Waals surface area contributed by atoms with E-state index in [4.69, 9.17) is 4.74 Å². The summed E-state index contributed by atoms with van der Waals surface area (Å²) in [7, 11) is 2.08. The molecule has 0 aliphatic heterocycles. The van der Waals surface area contributed by atoms with Crippen LogP contribution in [0.4, 0.5) is 5.82 Å². The monoisotopic (exact) mass is 355 g/mol. The molecule has 0 aromatic carbocycles. The zero-order chi connectivity index (χ0) is 15.2. The van der Waals surface area contributed by atoms with E-state index in [2.05, 4.69) is 58.1 Å². The molecule has 0 bridgehead atoms. The lowest BCUT2D eigenvalue weighted by Crippen LogP contribution is -2.27. The van der Waals surface area contributed by atoms with Gasteiger partial charge in [-0.15, -0.1) is 0 Å². The second kappa shape index (κ2) is 8.11. The molecule has 1 aliphatic rings. The summed E-state index contributed by atoms with van der Waals surface area (Å²) in [5, 5.41) is 3.46. The van der Waals surface area contributed by atoms with Crippen LogP contribution in [0.3, 0.4) is 0 Å². The van der Waals surface area contributed by atoms with Crippen molar-refractivity contribution in [2.24, 2.45) is 5.92 Å². The fourth-order valence-corrected chi connectivity index (χ4v) is 2.48. The van der Waals surface area contributed by atoms with Crippen molar-refractivity contribution in [3.63, 3.8) is 0 Å². The van der Waals surface area contributed by atoms with E-state index >= 15 is 0 Å². The van der Waals surface area contributed by atoms with Crippen molar-refractivity contribution in [1.29, 1.82) is 0 Å². The number of anilines is 1. The average Bonchev–Trinajstić information content (AvgIpc) is 3.25. The summed E-state index contributed by atoms with van der Waals surface area (Å²) in [6, 6.07) is 2.60. The third kappa shape index (κ3) is 5.93. The van der Waals surface area contributed by atoms with E-state index in [1.807, 2.05) is 6.20 Å². The first-order chi connectivity index (χ1) is 10.1. The summed E-state index contributed by atoms with van der Waals surface area (Å²) in [5.41, 5.74) is 1.21. The van der Waals surface area contributed by atoms with Gasteiger partial charge < -0.3 is 15.0 Å². The lowest BCUT2D eigenvalue weighted by molar-refractivity contribution is 0.130. The topological polar surface area (TPSA) is 37.4 Å². The molecule has 5 heteroatoms. The molecule has 118 valence electrons. The summed E-state index contributed by atoms with van der Waals surface area (Å²) in [6.45, 7) is 7.69. The zero-order valence-corrected chi connectivity index (χ0v) is 14.8. The molecule has 2 rings (SSSR count). The molecule has 0 amide bonds. The Morgan fingerprint density at radius 3 is 2.90 bits per heavy atom. The van der Waals surface area contributed by atoms with Crippen molar-refractivity contribution in [2.75, 3.05) is 31.7 Å². The summed E-state index contributed by atoms with van der Waals surface area (Å²) in [5.74, 6) is 1.85. The summed E-state index contributed by atoms with van der Waals surface area (Å²) < 4.78 is 6.74. The first-order valence-corrected chi connectivity index (χ1v) is 8.52. The molecular weight excluding hydrogens is 330 g/mol. The van der Waals surface area contributed by atoms with Crippen LogP contribution >= 0.6 is 15.9 Å². The van der Waals surface area contributed by atoms with Crippen LogP contribution in [0.15, 0.2) is 16.7 Å². The van der Waals surface area contributed by atoms with Gasteiger partial charge in [-0.05, 0) is 40.8 Å². The average molecular weight is 356 g/mol. The van der Waals surface area contributed by atoms with Crippen LogP contribution in [-0.4, -0.2) is 37.8 Å². The minimum absolute atomic E-state index is 0.462. The first-order valence-electron chi connectivity index (χ1n) is 7.73. The van der Waals surface area contributed by atoms with E-state index in [1.54, 1.807) is 0 Å². The van der Waals surface area contributed by atoms with Crippen molar-refractivity contribution in [3.05, 3.63) is 22.3 Å². The summed E-state index contributed by atoms with van der Waals surface area (Å²) in [6.07, 6.45) is 4.54. The number of hydrogen-bond donors (Lipinski definition) is 1. The van der Waals surface area contributed by atoms with Crippen LogP contribution in [0.25, 0.3) is 0 Å². The second-order valence-electron chi connectivity index (χ2n) is 6.11. The highest BCUT2D eigenvalue weighted by Crippen LogP contribution is 2.28. The molecule has 0 unspecified atom stereocenters. The quantitative estimate of drug-likeness (QED) is 0.690. The molecule has 0 radical (unpaired) electrons. The van der Waals surface area contributed by atoms with Gasteiger partial charge in [-0.25, -0.2) is 4.98 Å². The van der Waals surface area contributed by atoms with Crippen molar-refractivity contribution in [1.82, 2.24) is 10.3 Å². The maximum atomic E-state index is 5.72. The number of likely N-dealkylation sites (N-methyl/N-ethyl adjacent to an activating group) is 1. The summed E-state index contributed by atoms with van der Waals surface area (Å²) in [4.78, 5) is 6.74. The molecule has 0 atom stereocenters. The Labute approximate surface area is 136 Å². The molecule has 1 fully saturated rings. The molecule has 0 spiro atoms. The number of nitrogens with zero attached hydrogens (tertiary/aromatic N) is 2. The third-order valence-electron chi connectivity index (χ3n) is 3.59. The molecule has 21 heavy (non-hydrogen) atoms. The van der Waals surface area contributed by atoms with Crippen molar-refractivity contribution < 1.29 is 4.74 Å². The molecule has 1 aromatic heterocycles. The van der Waals surface area contributed by atoms with Crippen LogP contribution in [0.1, 0.15) is 32.3 Å². The largest absolute Gasteiger partial charge is 0.379 e. The molecule has 0 saturated heterocycles. The van der Waals surface area contributed by atoms with Crippen LogP contribution in [-0.2, 0) is 11.3 Å². The number of rotatable bonds is 9. The van der Waals surface area contributed by atoms with E-state index in [-0.39, 0.29) is 0 Å². The fourth-order valence-electron chi connectivity index (χ4n) is 2.10. The fraction of sp³-hybridized carbons (Fsp3) is 0.688. The smallest absolute Gasteiger partial charge is 0.132 e. The molecule has 1 N–H and O–H groups in total. The van der Waals surface area contributed by atoms with Crippen LogP contribution < -0.4 is 10.2 Å². The number of aromatic nitrogens is 1. The lowest BCUT2D eigenvalue weighted by Gasteiger charge is -2.22. The maximum absolute atomic E-state index is 5.72. The Balaban J connectivity index is 1.88. The highest BCUT2D eigenvalue weighted by molar-refractivity contribution is 9.10. The molecule has 1 saturated carbocycles. The maximum Gasteiger partial charge on any atom is 0.132 e. The molecule has 1 aliphatic carbocycles. The van der Waals surface area contributed by atoms with Gasteiger partial charge in [0.2, 0.25) is 0 Å². The Bertz CT molecular complexity index is 449. The predicted octanol–water partition coefficient (Wildman–Crippen LogP) is 3.20. The molecule has 1 aromatic rings. The van der Waals surface area contributed by atoms with Crippen LogP contribution in [0.5, 0.6) is 0 Å². The first kappa shape index (κ1) is 16.7. The van der Waals surface area contributed by atoms with Gasteiger partial charge >= 0.3 is 0 Å². The van der Waals surface area contributed by atoms with Crippen LogP contribution in [0, 0.1) is 5.92 Å². The normalized spacial score (nSPS) is 14.7. The Kier molecular flexibility index (Phi) is 6.45. The van der Waals surface area contributed by atoms with E-state index in [1.165, 1.54) is 18.4 Å². The van der Waals surface area contributed by atoms with Gasteiger partial charge in [0.15, 0.2) is 0 Å². The highest BCUT2D eigenvalue weighted by atomic mass is 79.9. The SMILES string of the molecule is CC(C)NCc1cc(Br)cnc1N(C)CCOCC1CC1. The van der Waals surface area contributed by atoms with Crippen molar-refractivity contribution in [2.45, 2.75) is 39.3 Å². The number of halogens is 1. The number of hydrogen-bond acceptors (Lipinski definition) is 4. The standard InChI is InChI=1S/C16H26BrN3O/c1-12(2)18-9-14-8-15(17)10-19-16(14)20(3)6-7-21-11-13-4-5-13/h8,10,12-13,18H,4-7,9,11H2,1-3H3. The molecule has 4 nitrogen and oxygen atoms in total. The van der Waals surface area contributed by atoms with Gasteiger partial charge in [-0.2, -0.15) is 0 Å². The van der Waals surface area contributed by atoms with Gasteiger partial charge in [0.1, 0.15) is 5.82 Å². The Hall–Kier alpha value is -0.650. The van der Waals surface area contributed by atoms with Gasteiger partial charge in [0, 0.05) is 49.0 Å². The van der Waals surface area contributed by atoms with Crippen molar-refractivity contribution >= 4 is 21.7 Å². The van der Waals surface area contributed by atoms with Gasteiger partial charge in [0.25, 0.3) is 0 Å². The molecule has 1 heterocycles. The minimum atomic E-state index is 0.462. The number of pyridine rings is 1. The summed E-state index contributed by atoms with van der Waals surface area (Å²) >= 11 is 3.51. The number of ether oxygens (including phenoxy) is 1. The Morgan fingerprint density at radius 1 is 1.48 bits per heavy atom. The van der Waals surface area contributed by atoms with Crippen LogP contribution in [0.2, 0.25) is 0 Å². The third-order valence-corrected chi connectivity index (χ3v) is 4.03. The number of nitrogens with one attached hydrogen (secondary N) is 1. The van der Waals surface area contributed by atoms with Gasteiger partial charge in [-0.3, -0.25) is 0 Å². The van der Waals surface area contributed by atoms with Gasteiger partial charge in [-0.1, -0.05) is 13.8 Å². The lowest BCUT2D eigenvalue weighted by atomic mass is 10.2. The van der Waals surface area contributed by atoms with E-state index < -0.39 is 0 Å². The second-order valence-corrected chi connectivity index (χ2v) is 7.03.